The second kappa shape index (κ2) is 9.68. The number of amides is 1. The molecule has 3 rings (SSSR count). The highest BCUT2D eigenvalue weighted by molar-refractivity contribution is 6.03. The summed E-state index contributed by atoms with van der Waals surface area (Å²) < 4.78 is 40.8. The maximum Gasteiger partial charge on any atom is 0.431 e. The average Bonchev–Trinajstić information content (AvgIpc) is 3.29. The van der Waals surface area contributed by atoms with Crippen molar-refractivity contribution in [3.8, 4) is 0 Å². The molecule has 2 aromatic carbocycles. The Bertz CT molecular complexity index is 1220. The SMILES string of the molecule is N=Cc1cc(N=C(N)/C=C(\Nc2cccc(NC(=O)c3cnc[nH]3)c2)C(F)(F)F)ccc1N. The average molecular weight is 456 g/mol. The minimum atomic E-state index is -4.77. The first kappa shape index (κ1) is 23.1. The lowest BCUT2D eigenvalue weighted by Gasteiger charge is -2.15. The number of aromatic nitrogens is 2. The molecule has 170 valence electrons. The number of rotatable bonds is 7. The number of halogens is 3. The summed E-state index contributed by atoms with van der Waals surface area (Å²) in [5, 5.41) is 12.1. The quantitative estimate of drug-likeness (QED) is 0.181. The van der Waals surface area contributed by atoms with Crippen LogP contribution in [-0.4, -0.2) is 34.1 Å². The van der Waals surface area contributed by atoms with Crippen molar-refractivity contribution in [2.24, 2.45) is 10.7 Å². The van der Waals surface area contributed by atoms with Gasteiger partial charge < -0.3 is 32.5 Å². The lowest BCUT2D eigenvalue weighted by Crippen LogP contribution is -2.22. The summed E-state index contributed by atoms with van der Waals surface area (Å²) in [4.78, 5) is 22.4. The maximum atomic E-state index is 13.6. The number of amidine groups is 1. The standard InChI is InChI=1S/C21H19F3N8O/c22-21(23,24)18(8-19(27)31-15-4-5-16(26)12(6-15)9-25)30-13-2-1-3-14(7-13)32-20(33)17-10-28-11-29-17/h1-11,25,30H,26H2,(H2,27,31)(H,28,29)(H,32,33)/b18-8-,25-9?. The number of anilines is 3. The summed E-state index contributed by atoms with van der Waals surface area (Å²) in [6.07, 6.45) is -0.472. The Morgan fingerprint density at radius 2 is 1.88 bits per heavy atom. The first-order valence-corrected chi connectivity index (χ1v) is 9.35. The van der Waals surface area contributed by atoms with Crippen molar-refractivity contribution < 1.29 is 18.0 Å². The molecule has 8 N–H and O–H groups in total. The molecule has 0 fully saturated rings. The first-order chi connectivity index (χ1) is 15.7. The number of carbonyl (C=O) groups is 1. The van der Waals surface area contributed by atoms with E-state index in [2.05, 4.69) is 25.6 Å². The van der Waals surface area contributed by atoms with Crippen molar-refractivity contribution in [3.63, 3.8) is 0 Å². The molecule has 1 amide bonds. The number of alkyl halides is 3. The van der Waals surface area contributed by atoms with Crippen LogP contribution >= 0.6 is 0 Å². The maximum absolute atomic E-state index is 13.6. The molecule has 0 aliphatic carbocycles. The van der Waals surface area contributed by atoms with E-state index in [-0.39, 0.29) is 22.8 Å². The predicted molar refractivity (Wildman–Crippen MR) is 121 cm³/mol. The number of benzene rings is 2. The Morgan fingerprint density at radius 1 is 1.15 bits per heavy atom. The smallest absolute Gasteiger partial charge is 0.398 e. The minimum absolute atomic E-state index is 0.0624. The molecule has 0 spiro atoms. The first-order valence-electron chi connectivity index (χ1n) is 9.35. The van der Waals surface area contributed by atoms with Crippen molar-refractivity contribution in [2.45, 2.75) is 6.18 Å². The number of nitrogen functional groups attached to an aromatic ring is 1. The van der Waals surface area contributed by atoms with Crippen molar-refractivity contribution in [3.05, 3.63) is 78.0 Å². The zero-order valence-corrected chi connectivity index (χ0v) is 16.9. The number of nitrogens with two attached hydrogens (primary N) is 2. The van der Waals surface area contributed by atoms with Crippen molar-refractivity contribution >= 4 is 40.7 Å². The predicted octanol–water partition coefficient (Wildman–Crippen LogP) is 3.79. The van der Waals surface area contributed by atoms with E-state index < -0.39 is 23.6 Å². The number of carbonyl (C=O) groups excluding carboxylic acids is 1. The molecular weight excluding hydrogens is 437 g/mol. The van der Waals surface area contributed by atoms with E-state index in [1.54, 1.807) is 0 Å². The molecule has 0 radical (unpaired) electrons. The van der Waals surface area contributed by atoms with Gasteiger partial charge in [0.05, 0.1) is 18.2 Å². The van der Waals surface area contributed by atoms with E-state index in [1.807, 2.05) is 0 Å². The Hall–Kier alpha value is -4.61. The Labute approximate surface area is 185 Å². The normalized spacial score (nSPS) is 12.3. The van der Waals surface area contributed by atoms with Gasteiger partial charge in [-0.2, -0.15) is 13.2 Å². The highest BCUT2D eigenvalue weighted by atomic mass is 19.4. The summed E-state index contributed by atoms with van der Waals surface area (Å²) in [6.45, 7) is 0. The van der Waals surface area contributed by atoms with Crippen LogP contribution < -0.4 is 22.1 Å². The number of H-pyrrole nitrogens is 1. The van der Waals surface area contributed by atoms with Crippen LogP contribution in [0.25, 0.3) is 0 Å². The fourth-order valence-electron chi connectivity index (χ4n) is 2.68. The number of allylic oxidation sites excluding steroid dienone is 1. The monoisotopic (exact) mass is 456 g/mol. The van der Waals surface area contributed by atoms with E-state index in [9.17, 15) is 18.0 Å². The van der Waals surface area contributed by atoms with Gasteiger partial charge in [-0.05, 0) is 36.4 Å². The van der Waals surface area contributed by atoms with Gasteiger partial charge in [0.1, 0.15) is 17.2 Å². The molecule has 0 atom stereocenters. The molecule has 0 unspecified atom stereocenters. The van der Waals surface area contributed by atoms with Crippen LogP contribution in [-0.2, 0) is 0 Å². The van der Waals surface area contributed by atoms with Crippen molar-refractivity contribution in [2.75, 3.05) is 16.4 Å². The molecule has 0 bridgehead atoms. The van der Waals surface area contributed by atoms with E-state index in [0.717, 1.165) is 6.21 Å². The second-order valence-electron chi connectivity index (χ2n) is 6.68. The van der Waals surface area contributed by atoms with Gasteiger partial charge in [0.25, 0.3) is 5.91 Å². The van der Waals surface area contributed by atoms with Crippen LogP contribution in [0.2, 0.25) is 0 Å². The van der Waals surface area contributed by atoms with Crippen LogP contribution in [0.3, 0.4) is 0 Å². The number of imidazole rings is 1. The third-order valence-corrected chi connectivity index (χ3v) is 4.22. The molecule has 0 aliphatic rings. The number of nitrogens with zero attached hydrogens (tertiary/aromatic N) is 2. The van der Waals surface area contributed by atoms with E-state index >= 15 is 0 Å². The second-order valence-corrected chi connectivity index (χ2v) is 6.68. The van der Waals surface area contributed by atoms with E-state index in [1.165, 1.54) is 55.0 Å². The molecule has 3 aromatic rings. The van der Waals surface area contributed by atoms with Crippen LogP contribution in [0.1, 0.15) is 16.1 Å². The molecular formula is C21H19F3N8O. The third-order valence-electron chi connectivity index (χ3n) is 4.22. The topological polar surface area (TPSA) is 158 Å². The number of aromatic amines is 1. The summed E-state index contributed by atoms with van der Waals surface area (Å²) in [7, 11) is 0. The molecule has 0 saturated heterocycles. The van der Waals surface area contributed by atoms with Gasteiger partial charge in [0.15, 0.2) is 0 Å². The van der Waals surface area contributed by atoms with E-state index in [0.29, 0.717) is 17.3 Å². The number of aliphatic imine (C=N–C) groups is 1. The Balaban J connectivity index is 1.83. The van der Waals surface area contributed by atoms with Crippen LogP contribution in [0.5, 0.6) is 0 Å². The van der Waals surface area contributed by atoms with Gasteiger partial charge in [-0.25, -0.2) is 9.98 Å². The summed E-state index contributed by atoms with van der Waals surface area (Å²) in [5.41, 5.74) is 11.7. The fourth-order valence-corrected chi connectivity index (χ4v) is 2.68. The molecule has 9 nitrogen and oxygen atoms in total. The summed E-state index contributed by atoms with van der Waals surface area (Å²) in [6, 6.07) is 10.1. The number of nitrogens with one attached hydrogen (secondary N) is 4. The minimum Gasteiger partial charge on any atom is -0.398 e. The summed E-state index contributed by atoms with van der Waals surface area (Å²) in [5.74, 6) is -0.917. The van der Waals surface area contributed by atoms with Crippen LogP contribution in [0, 0.1) is 5.41 Å². The molecule has 1 heterocycles. The molecule has 0 saturated carbocycles. The Kier molecular flexibility index (Phi) is 6.77. The van der Waals surface area contributed by atoms with Gasteiger partial charge in [0.2, 0.25) is 0 Å². The number of hydrogen-bond donors (Lipinski definition) is 6. The molecule has 12 heteroatoms. The van der Waals surface area contributed by atoms with Crippen LogP contribution in [0.15, 0.2) is 71.8 Å². The van der Waals surface area contributed by atoms with Gasteiger partial charge in [0, 0.05) is 34.9 Å². The van der Waals surface area contributed by atoms with Crippen molar-refractivity contribution in [1.82, 2.24) is 9.97 Å². The number of hydrogen-bond acceptors (Lipinski definition) is 6. The zero-order valence-electron chi connectivity index (χ0n) is 16.9. The van der Waals surface area contributed by atoms with Gasteiger partial charge in [-0.3, -0.25) is 4.79 Å². The lowest BCUT2D eigenvalue weighted by molar-refractivity contribution is -0.0901. The molecule has 0 aliphatic heterocycles. The van der Waals surface area contributed by atoms with Gasteiger partial charge in [-0.15, -0.1) is 0 Å². The van der Waals surface area contributed by atoms with Gasteiger partial charge >= 0.3 is 6.18 Å². The van der Waals surface area contributed by atoms with Crippen LogP contribution in [0.4, 0.5) is 35.9 Å². The fraction of sp³-hybridized carbons (Fsp3) is 0.0476. The summed E-state index contributed by atoms with van der Waals surface area (Å²) >= 11 is 0. The van der Waals surface area contributed by atoms with E-state index in [4.69, 9.17) is 16.9 Å². The van der Waals surface area contributed by atoms with Gasteiger partial charge in [-0.1, -0.05) is 6.07 Å². The molecule has 33 heavy (non-hydrogen) atoms. The highest BCUT2D eigenvalue weighted by Gasteiger charge is 2.34. The largest absolute Gasteiger partial charge is 0.431 e. The third kappa shape index (κ3) is 6.19. The zero-order chi connectivity index (χ0) is 24.0. The molecule has 1 aromatic heterocycles. The van der Waals surface area contributed by atoms with Crippen molar-refractivity contribution in [1.29, 1.82) is 5.41 Å². The lowest BCUT2D eigenvalue weighted by atomic mass is 10.2. The highest BCUT2D eigenvalue weighted by Crippen LogP contribution is 2.28. The Morgan fingerprint density at radius 3 is 2.52 bits per heavy atom.